The smallest absolute Gasteiger partial charge is 0.317 e. The molecule has 4 heterocycles. The van der Waals surface area contributed by atoms with Gasteiger partial charge >= 0.3 is 5.97 Å². The number of carbonyl (C=O) groups excluding carboxylic acids is 2. The van der Waals surface area contributed by atoms with Gasteiger partial charge in [0.1, 0.15) is 0 Å². The zero-order valence-corrected chi connectivity index (χ0v) is 17.0. The molecule has 0 aliphatic carbocycles. The van der Waals surface area contributed by atoms with E-state index in [0.717, 1.165) is 25.8 Å². The molecule has 29 heavy (non-hydrogen) atoms. The molecule has 3 aliphatic rings. The quantitative estimate of drug-likeness (QED) is 0.730. The minimum atomic E-state index is -0.821. The molecule has 2 amide bonds. The van der Waals surface area contributed by atoms with Crippen molar-refractivity contribution in [2.75, 3.05) is 26.2 Å². The maximum absolute atomic E-state index is 12.8. The summed E-state index contributed by atoms with van der Waals surface area (Å²) in [6.45, 7) is 3.58. The van der Waals surface area contributed by atoms with E-state index in [2.05, 4.69) is 10.4 Å². The largest absolute Gasteiger partial charge is 0.480 e. The van der Waals surface area contributed by atoms with Crippen LogP contribution in [0.3, 0.4) is 0 Å². The Hall–Kier alpha value is -2.42. The molecule has 2 bridgehead atoms. The van der Waals surface area contributed by atoms with Gasteiger partial charge in [-0.2, -0.15) is 5.10 Å². The van der Waals surface area contributed by atoms with Crippen LogP contribution >= 0.6 is 0 Å². The molecule has 0 saturated carbocycles. The number of carboxylic acids is 1. The minimum absolute atomic E-state index is 0.0294. The molecule has 4 rings (SSSR count). The van der Waals surface area contributed by atoms with Crippen LogP contribution in [0.15, 0.2) is 6.20 Å². The number of aliphatic carboxylic acids is 1. The van der Waals surface area contributed by atoms with E-state index in [1.165, 1.54) is 0 Å². The van der Waals surface area contributed by atoms with Crippen LogP contribution in [0, 0.1) is 18.8 Å². The highest BCUT2D eigenvalue weighted by atomic mass is 16.4. The number of aromatic nitrogens is 2. The summed E-state index contributed by atoms with van der Waals surface area (Å²) in [4.78, 5) is 40.7. The van der Waals surface area contributed by atoms with Crippen LogP contribution in [-0.2, 0) is 16.6 Å². The molecule has 9 nitrogen and oxygen atoms in total. The number of amides is 2. The lowest BCUT2D eigenvalue weighted by Gasteiger charge is -2.56. The first-order chi connectivity index (χ1) is 13.8. The summed E-state index contributed by atoms with van der Waals surface area (Å²) in [6, 6.07) is 0.0488. The predicted octanol–water partition coefficient (Wildman–Crippen LogP) is 0.244. The first-order valence-electron chi connectivity index (χ1n) is 10.4. The SMILES string of the molecule is Cc1nn(C)cc1C(=O)NC[C@H]1[C@H]2C[C@H](CN(CC(=O)O)C2)[C@@H]2CCCC(=O)N21. The van der Waals surface area contributed by atoms with E-state index >= 15 is 0 Å². The van der Waals surface area contributed by atoms with Crippen LogP contribution in [0.4, 0.5) is 0 Å². The van der Waals surface area contributed by atoms with E-state index in [0.29, 0.717) is 36.7 Å². The van der Waals surface area contributed by atoms with Gasteiger partial charge in [-0.25, -0.2) is 0 Å². The summed E-state index contributed by atoms with van der Waals surface area (Å²) in [5.74, 6) is -0.360. The Labute approximate surface area is 170 Å². The predicted molar refractivity (Wildman–Crippen MR) is 104 cm³/mol. The van der Waals surface area contributed by atoms with Crippen molar-refractivity contribution in [1.82, 2.24) is 24.9 Å². The van der Waals surface area contributed by atoms with E-state index < -0.39 is 5.97 Å². The molecule has 3 aliphatic heterocycles. The Morgan fingerprint density at radius 3 is 2.76 bits per heavy atom. The number of carbonyl (C=O) groups is 3. The molecule has 0 unspecified atom stereocenters. The third-order valence-electron chi connectivity index (χ3n) is 6.66. The fourth-order valence-electron chi connectivity index (χ4n) is 5.57. The summed E-state index contributed by atoms with van der Waals surface area (Å²) in [5, 5.41) is 16.5. The maximum Gasteiger partial charge on any atom is 0.317 e. The Balaban J connectivity index is 1.52. The van der Waals surface area contributed by atoms with Gasteiger partial charge in [-0.15, -0.1) is 0 Å². The normalized spacial score (nSPS) is 29.4. The third kappa shape index (κ3) is 3.88. The highest BCUT2D eigenvalue weighted by molar-refractivity contribution is 5.95. The van der Waals surface area contributed by atoms with Gasteiger partial charge in [-0.3, -0.25) is 24.0 Å². The van der Waals surface area contributed by atoms with Gasteiger partial charge in [-0.1, -0.05) is 0 Å². The average molecular weight is 403 g/mol. The number of aryl methyl sites for hydroxylation is 2. The van der Waals surface area contributed by atoms with Crippen molar-refractivity contribution in [2.24, 2.45) is 18.9 Å². The van der Waals surface area contributed by atoms with Crippen LogP contribution in [0.1, 0.15) is 41.7 Å². The van der Waals surface area contributed by atoms with Crippen molar-refractivity contribution in [3.05, 3.63) is 17.5 Å². The molecule has 9 heteroatoms. The maximum atomic E-state index is 12.8. The van der Waals surface area contributed by atoms with Gasteiger partial charge in [0, 0.05) is 45.3 Å². The van der Waals surface area contributed by atoms with Crippen LogP contribution < -0.4 is 5.32 Å². The highest BCUT2D eigenvalue weighted by Crippen LogP contribution is 2.41. The molecule has 0 spiro atoms. The van der Waals surface area contributed by atoms with E-state index in [-0.39, 0.29) is 36.4 Å². The van der Waals surface area contributed by atoms with Gasteiger partial charge in [0.2, 0.25) is 5.91 Å². The van der Waals surface area contributed by atoms with Crippen LogP contribution in [0.2, 0.25) is 0 Å². The number of nitrogens with zero attached hydrogens (tertiary/aromatic N) is 4. The summed E-state index contributed by atoms with van der Waals surface area (Å²) in [5.41, 5.74) is 1.21. The Morgan fingerprint density at radius 1 is 1.31 bits per heavy atom. The number of hydrogen-bond donors (Lipinski definition) is 2. The monoisotopic (exact) mass is 403 g/mol. The standard InChI is InChI=1S/C20H29N5O4/c1-12-15(10-23(2)22-12)20(29)21-7-17-14-6-13(8-24(9-14)11-19(27)28)16-4-3-5-18(26)25(16)17/h10,13-14,16-17H,3-9,11H2,1-2H3,(H,21,29)(H,27,28)/t13-,14+,16+,17+/m1/s1. The van der Waals surface area contributed by atoms with Gasteiger partial charge in [0.25, 0.3) is 5.91 Å². The lowest BCUT2D eigenvalue weighted by molar-refractivity contribution is -0.154. The fourth-order valence-corrected chi connectivity index (χ4v) is 5.57. The Bertz CT molecular complexity index is 822. The topological polar surface area (TPSA) is 108 Å². The fraction of sp³-hybridized carbons (Fsp3) is 0.700. The molecule has 3 saturated heterocycles. The first-order valence-corrected chi connectivity index (χ1v) is 10.4. The second kappa shape index (κ2) is 7.78. The van der Waals surface area contributed by atoms with E-state index in [9.17, 15) is 19.5 Å². The summed E-state index contributed by atoms with van der Waals surface area (Å²) >= 11 is 0. The van der Waals surface area contributed by atoms with Crippen molar-refractivity contribution in [1.29, 1.82) is 0 Å². The molecule has 1 aromatic heterocycles. The molecule has 4 atom stereocenters. The number of likely N-dealkylation sites (tertiary alicyclic amines) is 1. The van der Waals surface area contributed by atoms with E-state index in [1.54, 1.807) is 24.9 Å². The number of nitrogens with one attached hydrogen (secondary N) is 1. The second-order valence-electron chi connectivity index (χ2n) is 8.68. The molecule has 1 aromatic rings. The number of rotatable bonds is 5. The average Bonchev–Trinajstić information content (AvgIpc) is 2.99. The molecule has 3 fully saturated rings. The molecule has 2 N–H and O–H groups in total. The zero-order chi connectivity index (χ0) is 20.7. The second-order valence-corrected chi connectivity index (χ2v) is 8.68. The molecule has 0 radical (unpaired) electrons. The van der Waals surface area contributed by atoms with Gasteiger partial charge in [0.15, 0.2) is 0 Å². The summed E-state index contributed by atoms with van der Waals surface area (Å²) in [7, 11) is 1.78. The lowest BCUT2D eigenvalue weighted by Crippen LogP contribution is -2.67. The molecular formula is C20H29N5O4. The van der Waals surface area contributed by atoms with E-state index in [4.69, 9.17) is 0 Å². The summed E-state index contributed by atoms with van der Waals surface area (Å²) < 4.78 is 1.62. The number of fused-ring (bicyclic) bond motifs is 4. The van der Waals surface area contributed by atoms with Crippen molar-refractivity contribution in [3.63, 3.8) is 0 Å². The van der Waals surface area contributed by atoms with Crippen molar-refractivity contribution in [3.8, 4) is 0 Å². The third-order valence-corrected chi connectivity index (χ3v) is 6.66. The summed E-state index contributed by atoms with van der Waals surface area (Å²) in [6.07, 6.45) is 5.08. The van der Waals surface area contributed by atoms with Gasteiger partial charge < -0.3 is 15.3 Å². The number of piperidine rings is 3. The highest BCUT2D eigenvalue weighted by Gasteiger charge is 2.49. The van der Waals surface area contributed by atoms with Gasteiger partial charge in [0.05, 0.1) is 23.8 Å². The molecular weight excluding hydrogens is 374 g/mol. The van der Waals surface area contributed by atoms with Crippen molar-refractivity contribution < 1.29 is 19.5 Å². The molecule has 0 aromatic carbocycles. The molecule has 158 valence electrons. The zero-order valence-electron chi connectivity index (χ0n) is 17.0. The minimum Gasteiger partial charge on any atom is -0.480 e. The van der Waals surface area contributed by atoms with Crippen LogP contribution in [-0.4, -0.2) is 80.7 Å². The van der Waals surface area contributed by atoms with Gasteiger partial charge in [-0.05, 0) is 38.0 Å². The lowest BCUT2D eigenvalue weighted by atomic mass is 9.72. The van der Waals surface area contributed by atoms with Crippen LogP contribution in [0.25, 0.3) is 0 Å². The number of hydrogen-bond acceptors (Lipinski definition) is 5. The Kier molecular flexibility index (Phi) is 5.33. The van der Waals surface area contributed by atoms with Crippen molar-refractivity contribution in [2.45, 2.75) is 44.7 Å². The number of carboxylic acid groups (broad SMARTS) is 1. The first kappa shape index (κ1) is 19.9. The Morgan fingerprint density at radius 2 is 2.07 bits per heavy atom. The van der Waals surface area contributed by atoms with Crippen LogP contribution in [0.5, 0.6) is 0 Å². The van der Waals surface area contributed by atoms with E-state index in [1.807, 2.05) is 9.80 Å². The van der Waals surface area contributed by atoms with Crippen molar-refractivity contribution >= 4 is 17.8 Å².